The summed E-state index contributed by atoms with van der Waals surface area (Å²) in [5.41, 5.74) is 4.86. The molecule has 1 aliphatic heterocycles. The highest BCUT2D eigenvalue weighted by molar-refractivity contribution is 7.87. The van der Waals surface area contributed by atoms with Gasteiger partial charge in [-0.15, -0.1) is 0 Å². The summed E-state index contributed by atoms with van der Waals surface area (Å²) in [7, 11) is -3.96. The van der Waals surface area contributed by atoms with Gasteiger partial charge in [-0.1, -0.05) is 0 Å². The number of nitrogens with one attached hydrogen (secondary N) is 1. The highest BCUT2D eigenvalue weighted by Gasteiger charge is 2.30. The van der Waals surface area contributed by atoms with Crippen LogP contribution < -0.4 is 10.5 Å². The SMILES string of the molecule is NC(=O)C[C@@H](NS(=O)(=O)N1CCOCC1)C(=O)O. The molecule has 1 heterocycles. The Bertz CT molecular complexity index is 417. The zero-order valence-electron chi connectivity index (χ0n) is 9.53. The number of primary amides is 1. The number of carboxylic acid groups (broad SMARTS) is 1. The quantitative estimate of drug-likeness (QED) is 0.491. The standard InChI is InChI=1S/C8H15N3O6S/c9-7(12)5-6(8(13)14)10-18(15,16)11-1-3-17-4-2-11/h6,10H,1-5H2,(H2,9,12)(H,13,14)/t6-/m1/s1. The van der Waals surface area contributed by atoms with E-state index in [4.69, 9.17) is 15.6 Å². The van der Waals surface area contributed by atoms with Gasteiger partial charge in [-0.2, -0.15) is 17.4 Å². The van der Waals surface area contributed by atoms with E-state index in [0.29, 0.717) is 0 Å². The number of ether oxygens (including phenoxy) is 1. The molecule has 0 aliphatic carbocycles. The number of hydrogen-bond donors (Lipinski definition) is 3. The average molecular weight is 281 g/mol. The number of carboxylic acids is 1. The zero-order valence-corrected chi connectivity index (χ0v) is 10.4. The van der Waals surface area contributed by atoms with Crippen molar-refractivity contribution >= 4 is 22.1 Å². The van der Waals surface area contributed by atoms with Crippen molar-refractivity contribution in [2.75, 3.05) is 26.3 Å². The fraction of sp³-hybridized carbons (Fsp3) is 0.750. The van der Waals surface area contributed by atoms with Crippen LogP contribution >= 0.6 is 0 Å². The second-order valence-electron chi connectivity index (χ2n) is 3.70. The Balaban J connectivity index is 2.71. The van der Waals surface area contributed by atoms with Gasteiger partial charge in [-0.3, -0.25) is 9.59 Å². The minimum Gasteiger partial charge on any atom is -0.480 e. The molecule has 0 saturated carbocycles. The third-order valence-corrected chi connectivity index (χ3v) is 3.93. The van der Waals surface area contributed by atoms with E-state index in [1.54, 1.807) is 0 Å². The normalized spacial score (nSPS) is 19.3. The number of hydrogen-bond acceptors (Lipinski definition) is 5. The minimum atomic E-state index is -3.96. The van der Waals surface area contributed by atoms with Crippen LogP contribution in [0.25, 0.3) is 0 Å². The van der Waals surface area contributed by atoms with E-state index in [0.717, 1.165) is 4.31 Å². The molecule has 0 spiro atoms. The highest BCUT2D eigenvalue weighted by Crippen LogP contribution is 2.05. The first-order valence-corrected chi connectivity index (χ1v) is 6.63. The van der Waals surface area contributed by atoms with Crippen LogP contribution in [-0.4, -0.2) is 62.1 Å². The van der Waals surface area contributed by atoms with Crippen molar-refractivity contribution in [1.29, 1.82) is 0 Å². The molecule has 10 heteroatoms. The Labute approximate surface area is 104 Å². The molecule has 0 radical (unpaired) electrons. The van der Waals surface area contributed by atoms with Gasteiger partial charge in [0.2, 0.25) is 5.91 Å². The first-order chi connectivity index (χ1) is 8.33. The van der Waals surface area contributed by atoms with Crippen molar-refractivity contribution < 1.29 is 27.9 Å². The number of amides is 1. The lowest BCUT2D eigenvalue weighted by molar-refractivity contribution is -0.140. The molecule has 1 saturated heterocycles. The van der Waals surface area contributed by atoms with Crippen LogP contribution in [-0.2, 0) is 24.5 Å². The van der Waals surface area contributed by atoms with Crippen molar-refractivity contribution in [3.63, 3.8) is 0 Å². The molecule has 1 amide bonds. The Morgan fingerprint density at radius 3 is 2.39 bits per heavy atom. The first-order valence-electron chi connectivity index (χ1n) is 5.19. The van der Waals surface area contributed by atoms with E-state index in [-0.39, 0.29) is 26.3 Å². The topological polar surface area (TPSA) is 139 Å². The average Bonchev–Trinajstić information content (AvgIpc) is 2.28. The second-order valence-corrected chi connectivity index (χ2v) is 5.40. The number of aliphatic carboxylic acids is 1. The van der Waals surface area contributed by atoms with Crippen LogP contribution in [0, 0.1) is 0 Å². The zero-order chi connectivity index (χ0) is 13.8. The molecular weight excluding hydrogens is 266 g/mol. The molecule has 9 nitrogen and oxygen atoms in total. The number of nitrogens with zero attached hydrogens (tertiary/aromatic N) is 1. The molecule has 0 aromatic heterocycles. The lowest BCUT2D eigenvalue weighted by Crippen LogP contribution is -2.52. The Morgan fingerprint density at radius 2 is 1.94 bits per heavy atom. The predicted octanol–water partition coefficient (Wildman–Crippen LogP) is -2.52. The maximum absolute atomic E-state index is 11.8. The Hall–Kier alpha value is -1.23. The van der Waals surface area contributed by atoms with E-state index < -0.39 is 34.5 Å². The maximum atomic E-state index is 11.8. The number of carbonyl (C=O) groups is 2. The van der Waals surface area contributed by atoms with Crippen molar-refractivity contribution in [3.8, 4) is 0 Å². The van der Waals surface area contributed by atoms with Gasteiger partial charge in [0.15, 0.2) is 0 Å². The van der Waals surface area contributed by atoms with Gasteiger partial charge in [0.25, 0.3) is 10.2 Å². The van der Waals surface area contributed by atoms with Gasteiger partial charge in [-0.25, -0.2) is 0 Å². The smallest absolute Gasteiger partial charge is 0.322 e. The first kappa shape index (κ1) is 14.8. The van der Waals surface area contributed by atoms with E-state index >= 15 is 0 Å². The van der Waals surface area contributed by atoms with Gasteiger partial charge < -0.3 is 15.6 Å². The summed E-state index contributed by atoms with van der Waals surface area (Å²) in [6.07, 6.45) is -0.598. The van der Waals surface area contributed by atoms with Crippen molar-refractivity contribution in [2.45, 2.75) is 12.5 Å². The van der Waals surface area contributed by atoms with Crippen LogP contribution in [0.1, 0.15) is 6.42 Å². The van der Waals surface area contributed by atoms with Gasteiger partial charge in [-0.05, 0) is 0 Å². The third kappa shape index (κ3) is 4.22. The van der Waals surface area contributed by atoms with Crippen molar-refractivity contribution in [2.24, 2.45) is 5.73 Å². The Morgan fingerprint density at radius 1 is 1.39 bits per heavy atom. The summed E-state index contributed by atoms with van der Waals surface area (Å²) in [6, 6.07) is -1.56. The van der Waals surface area contributed by atoms with E-state index in [1.165, 1.54) is 0 Å². The molecule has 18 heavy (non-hydrogen) atoms. The van der Waals surface area contributed by atoms with E-state index in [2.05, 4.69) is 0 Å². The summed E-state index contributed by atoms with van der Waals surface area (Å²) >= 11 is 0. The van der Waals surface area contributed by atoms with Gasteiger partial charge >= 0.3 is 5.97 Å². The van der Waals surface area contributed by atoms with Gasteiger partial charge in [0.1, 0.15) is 6.04 Å². The molecule has 4 N–H and O–H groups in total. The third-order valence-electron chi connectivity index (χ3n) is 2.30. The predicted molar refractivity (Wildman–Crippen MR) is 59.7 cm³/mol. The van der Waals surface area contributed by atoms with E-state index in [9.17, 15) is 18.0 Å². The Kier molecular flexibility index (Phi) is 5.02. The maximum Gasteiger partial charge on any atom is 0.322 e. The molecule has 1 rings (SSSR count). The number of rotatable bonds is 6. The fourth-order valence-corrected chi connectivity index (χ4v) is 2.74. The summed E-state index contributed by atoms with van der Waals surface area (Å²) in [4.78, 5) is 21.5. The second kappa shape index (κ2) is 6.09. The fourth-order valence-electron chi connectivity index (χ4n) is 1.42. The highest BCUT2D eigenvalue weighted by atomic mass is 32.2. The molecule has 0 aromatic carbocycles. The summed E-state index contributed by atoms with van der Waals surface area (Å²) in [5.74, 6) is -2.35. The lowest BCUT2D eigenvalue weighted by atomic mass is 10.2. The molecule has 0 bridgehead atoms. The van der Waals surface area contributed by atoms with E-state index in [1.807, 2.05) is 4.72 Å². The molecule has 104 valence electrons. The van der Waals surface area contributed by atoms with Gasteiger partial charge in [0.05, 0.1) is 19.6 Å². The van der Waals surface area contributed by atoms with Crippen molar-refractivity contribution in [3.05, 3.63) is 0 Å². The van der Waals surface area contributed by atoms with Crippen LogP contribution in [0.5, 0.6) is 0 Å². The lowest BCUT2D eigenvalue weighted by Gasteiger charge is -2.27. The molecule has 1 fully saturated rings. The summed E-state index contributed by atoms with van der Waals surface area (Å²) in [6.45, 7) is 0.763. The molecular formula is C8H15N3O6S. The number of nitrogens with two attached hydrogens (primary N) is 1. The molecule has 0 aromatic rings. The van der Waals surface area contributed by atoms with Crippen LogP contribution in [0.15, 0.2) is 0 Å². The minimum absolute atomic E-state index is 0.137. The monoisotopic (exact) mass is 281 g/mol. The molecule has 1 atom stereocenters. The molecule has 0 unspecified atom stereocenters. The summed E-state index contributed by atoms with van der Waals surface area (Å²) < 4.78 is 31.6. The largest absolute Gasteiger partial charge is 0.480 e. The van der Waals surface area contributed by atoms with Crippen LogP contribution in [0.2, 0.25) is 0 Å². The van der Waals surface area contributed by atoms with Crippen molar-refractivity contribution in [1.82, 2.24) is 9.03 Å². The number of morpholine rings is 1. The van der Waals surface area contributed by atoms with Gasteiger partial charge in [0, 0.05) is 13.1 Å². The number of carbonyl (C=O) groups excluding carboxylic acids is 1. The van der Waals surface area contributed by atoms with Crippen LogP contribution in [0.3, 0.4) is 0 Å². The molecule has 1 aliphatic rings. The summed E-state index contributed by atoms with van der Waals surface area (Å²) in [5, 5.41) is 8.81. The van der Waals surface area contributed by atoms with Crippen LogP contribution in [0.4, 0.5) is 0 Å².